The molecule has 0 atom stereocenters. The van der Waals surface area contributed by atoms with Gasteiger partial charge in [0.25, 0.3) is 0 Å². The minimum atomic E-state index is 0.126. The van der Waals surface area contributed by atoms with Crippen molar-refractivity contribution < 1.29 is 9.84 Å². The minimum Gasteiger partial charge on any atom is -0.497 e. The van der Waals surface area contributed by atoms with Gasteiger partial charge < -0.3 is 15.2 Å². The van der Waals surface area contributed by atoms with Crippen LogP contribution in [0.4, 0.5) is 5.82 Å². The molecule has 24 heavy (non-hydrogen) atoms. The maximum Gasteiger partial charge on any atom is 0.193 e. The average molecular weight is 342 g/mol. The summed E-state index contributed by atoms with van der Waals surface area (Å²) in [6, 6.07) is 11.5. The summed E-state index contributed by atoms with van der Waals surface area (Å²) in [4.78, 5) is 5.59. The molecule has 6 nitrogen and oxygen atoms in total. The number of methoxy groups -OCH3 is 1. The predicted octanol–water partition coefficient (Wildman–Crippen LogP) is 3.07. The summed E-state index contributed by atoms with van der Waals surface area (Å²) in [7, 11) is 1.63. The molecule has 3 rings (SSSR count). The molecule has 0 radical (unpaired) electrons. The third-order valence-corrected chi connectivity index (χ3v) is 4.28. The molecule has 0 saturated carbocycles. The van der Waals surface area contributed by atoms with Gasteiger partial charge in [0, 0.05) is 18.7 Å². The van der Waals surface area contributed by atoms with Gasteiger partial charge in [0.2, 0.25) is 0 Å². The summed E-state index contributed by atoms with van der Waals surface area (Å²) in [5.41, 5.74) is 1.58. The first-order valence-corrected chi connectivity index (χ1v) is 8.47. The Morgan fingerprint density at radius 1 is 1.17 bits per heavy atom. The van der Waals surface area contributed by atoms with E-state index in [9.17, 15) is 0 Å². The number of anilines is 1. The molecule has 0 amide bonds. The molecule has 2 aromatic heterocycles. The van der Waals surface area contributed by atoms with Crippen LogP contribution < -0.4 is 10.1 Å². The zero-order chi connectivity index (χ0) is 16.8. The minimum absolute atomic E-state index is 0.126. The number of ether oxygens (including phenoxy) is 1. The Bertz CT molecular complexity index is 776. The van der Waals surface area contributed by atoms with Crippen LogP contribution in [0.2, 0.25) is 0 Å². The van der Waals surface area contributed by atoms with Gasteiger partial charge >= 0.3 is 0 Å². The van der Waals surface area contributed by atoms with Crippen molar-refractivity contribution >= 4 is 17.2 Å². The Balaban J connectivity index is 1.96. The second-order valence-corrected chi connectivity index (χ2v) is 5.99. The van der Waals surface area contributed by atoms with Gasteiger partial charge in [-0.2, -0.15) is 0 Å². The molecule has 0 unspecified atom stereocenters. The van der Waals surface area contributed by atoms with Crippen LogP contribution in [0.15, 0.2) is 41.8 Å². The van der Waals surface area contributed by atoms with Crippen LogP contribution in [0, 0.1) is 0 Å². The maximum absolute atomic E-state index is 8.99. The van der Waals surface area contributed by atoms with Gasteiger partial charge in [-0.3, -0.25) is 0 Å². The molecule has 3 aromatic rings. The first-order valence-electron chi connectivity index (χ1n) is 7.59. The highest BCUT2D eigenvalue weighted by atomic mass is 32.1. The average Bonchev–Trinajstić information content (AvgIpc) is 3.17. The summed E-state index contributed by atoms with van der Waals surface area (Å²) < 4.78 is 5.19. The maximum atomic E-state index is 8.99. The highest BCUT2D eigenvalue weighted by Crippen LogP contribution is 2.28. The normalized spacial score (nSPS) is 10.6. The van der Waals surface area contributed by atoms with Crippen molar-refractivity contribution in [1.29, 1.82) is 0 Å². The fraction of sp³-hybridized carbons (Fsp3) is 0.235. The highest BCUT2D eigenvalue weighted by molar-refractivity contribution is 7.13. The molecule has 0 fully saturated rings. The molecular formula is C17H18N4O2S. The SMILES string of the molecule is COc1ccc(-c2nnc(-c3cccs3)nc2NCCCO)cc1. The van der Waals surface area contributed by atoms with Crippen molar-refractivity contribution in [2.24, 2.45) is 0 Å². The summed E-state index contributed by atoms with van der Waals surface area (Å²) in [6.07, 6.45) is 0.639. The monoisotopic (exact) mass is 342 g/mol. The van der Waals surface area contributed by atoms with E-state index in [1.165, 1.54) is 0 Å². The summed E-state index contributed by atoms with van der Waals surface area (Å²) in [6.45, 7) is 0.739. The summed E-state index contributed by atoms with van der Waals surface area (Å²) >= 11 is 1.57. The van der Waals surface area contributed by atoms with E-state index in [0.717, 1.165) is 16.2 Å². The number of hydrogen-bond acceptors (Lipinski definition) is 7. The fourth-order valence-electron chi connectivity index (χ4n) is 2.19. The number of nitrogens with one attached hydrogen (secondary N) is 1. The summed E-state index contributed by atoms with van der Waals surface area (Å²) in [5, 5.41) is 22.8. The molecule has 1 aromatic carbocycles. The lowest BCUT2D eigenvalue weighted by Crippen LogP contribution is -2.09. The molecule has 2 N–H and O–H groups in total. The van der Waals surface area contributed by atoms with Crippen LogP contribution in [0.1, 0.15) is 6.42 Å². The Morgan fingerprint density at radius 2 is 2.00 bits per heavy atom. The lowest BCUT2D eigenvalue weighted by atomic mass is 10.1. The van der Waals surface area contributed by atoms with Gasteiger partial charge in [0.1, 0.15) is 11.4 Å². The third kappa shape index (κ3) is 3.69. The van der Waals surface area contributed by atoms with E-state index in [-0.39, 0.29) is 6.61 Å². The predicted molar refractivity (Wildman–Crippen MR) is 95.3 cm³/mol. The van der Waals surface area contributed by atoms with E-state index in [2.05, 4.69) is 20.5 Å². The van der Waals surface area contributed by atoms with Gasteiger partial charge in [0.05, 0.1) is 12.0 Å². The Morgan fingerprint density at radius 3 is 2.67 bits per heavy atom. The van der Waals surface area contributed by atoms with E-state index in [4.69, 9.17) is 9.84 Å². The molecule has 0 saturated heterocycles. The van der Waals surface area contributed by atoms with Crippen LogP contribution in [-0.4, -0.2) is 40.5 Å². The lowest BCUT2D eigenvalue weighted by Gasteiger charge is -2.11. The standard InChI is InChI=1S/C17H18N4O2S/c1-23-13-7-5-12(6-8-13)15-17(18-9-3-10-22)19-16(21-20-15)14-4-2-11-24-14/h2,4-8,11,22H,3,9-10H2,1H3,(H,18,19,21). The lowest BCUT2D eigenvalue weighted by molar-refractivity contribution is 0.292. The number of aromatic nitrogens is 3. The molecule has 124 valence electrons. The van der Waals surface area contributed by atoms with Crippen molar-refractivity contribution in [3.05, 3.63) is 41.8 Å². The zero-order valence-corrected chi connectivity index (χ0v) is 14.1. The van der Waals surface area contributed by atoms with Crippen LogP contribution in [-0.2, 0) is 0 Å². The van der Waals surface area contributed by atoms with Crippen LogP contribution in [0.5, 0.6) is 5.75 Å². The van der Waals surface area contributed by atoms with E-state index >= 15 is 0 Å². The number of benzene rings is 1. The first kappa shape index (κ1) is 16.4. The first-order chi connectivity index (χ1) is 11.8. The van der Waals surface area contributed by atoms with E-state index in [1.54, 1.807) is 18.4 Å². The topological polar surface area (TPSA) is 80.2 Å². The van der Waals surface area contributed by atoms with Crippen molar-refractivity contribution in [3.8, 4) is 27.7 Å². The van der Waals surface area contributed by atoms with Crippen molar-refractivity contribution in [2.75, 3.05) is 25.6 Å². The second-order valence-electron chi connectivity index (χ2n) is 5.04. The number of thiophene rings is 1. The van der Waals surface area contributed by atoms with Gasteiger partial charge in [-0.1, -0.05) is 6.07 Å². The second kappa shape index (κ2) is 7.85. The number of hydrogen-bond donors (Lipinski definition) is 2. The summed E-state index contributed by atoms with van der Waals surface area (Å²) in [5.74, 6) is 2.03. The number of aliphatic hydroxyl groups is 1. The van der Waals surface area contributed by atoms with Crippen LogP contribution >= 0.6 is 11.3 Å². The van der Waals surface area contributed by atoms with Crippen molar-refractivity contribution in [3.63, 3.8) is 0 Å². The molecule has 0 aliphatic carbocycles. The van der Waals surface area contributed by atoms with E-state index < -0.39 is 0 Å². The molecule has 7 heteroatoms. The van der Waals surface area contributed by atoms with Crippen molar-refractivity contribution in [2.45, 2.75) is 6.42 Å². The number of aliphatic hydroxyl groups excluding tert-OH is 1. The zero-order valence-electron chi connectivity index (χ0n) is 13.3. The fourth-order valence-corrected chi connectivity index (χ4v) is 2.84. The van der Waals surface area contributed by atoms with E-state index in [0.29, 0.717) is 30.3 Å². The smallest absolute Gasteiger partial charge is 0.193 e. The number of rotatable bonds is 7. The largest absolute Gasteiger partial charge is 0.497 e. The Labute approximate surface area is 144 Å². The van der Waals surface area contributed by atoms with Gasteiger partial charge in [-0.25, -0.2) is 4.98 Å². The quantitative estimate of drug-likeness (QED) is 0.642. The molecule has 0 aliphatic heterocycles. The number of nitrogens with zero attached hydrogens (tertiary/aromatic N) is 3. The third-order valence-electron chi connectivity index (χ3n) is 3.42. The molecule has 0 bridgehead atoms. The highest BCUT2D eigenvalue weighted by Gasteiger charge is 2.13. The van der Waals surface area contributed by atoms with Gasteiger partial charge in [-0.15, -0.1) is 21.5 Å². The van der Waals surface area contributed by atoms with Crippen LogP contribution in [0.3, 0.4) is 0 Å². The molecule has 0 aliphatic rings. The molecule has 0 spiro atoms. The Hall–Kier alpha value is -2.51. The van der Waals surface area contributed by atoms with Gasteiger partial charge in [0.15, 0.2) is 11.6 Å². The van der Waals surface area contributed by atoms with Crippen molar-refractivity contribution in [1.82, 2.24) is 15.2 Å². The molecule has 2 heterocycles. The van der Waals surface area contributed by atoms with Gasteiger partial charge in [-0.05, 0) is 42.1 Å². The van der Waals surface area contributed by atoms with Crippen LogP contribution in [0.25, 0.3) is 22.0 Å². The van der Waals surface area contributed by atoms with E-state index in [1.807, 2.05) is 41.8 Å². The molecular weight excluding hydrogens is 324 g/mol. The Kier molecular flexibility index (Phi) is 5.35.